The lowest BCUT2D eigenvalue weighted by Crippen LogP contribution is -2.19. The number of anilines is 2. The second-order valence-corrected chi connectivity index (χ2v) is 7.39. The highest BCUT2D eigenvalue weighted by atomic mass is 32.2. The van der Waals surface area contributed by atoms with Crippen LogP contribution in [0, 0.1) is 5.82 Å². The van der Waals surface area contributed by atoms with Crippen molar-refractivity contribution in [2.45, 2.75) is 6.43 Å². The molecule has 0 aliphatic rings. The number of oxime groups is 1. The fourth-order valence-electron chi connectivity index (χ4n) is 1.87. The summed E-state index contributed by atoms with van der Waals surface area (Å²) in [6.45, 7) is -0.0230. The molecule has 9 nitrogen and oxygen atoms in total. The van der Waals surface area contributed by atoms with Crippen LogP contribution in [0.3, 0.4) is 0 Å². The van der Waals surface area contributed by atoms with Crippen molar-refractivity contribution in [2.75, 3.05) is 29.2 Å². The number of nitrogens with one attached hydrogen (secondary N) is 2. The smallest absolute Gasteiger partial charge is 0.266 e. The average molecular weight is 393 g/mol. The number of hydrogen-bond donors (Lipinski definition) is 3. The first kappa shape index (κ1) is 19.5. The first-order valence-electron chi connectivity index (χ1n) is 7.02. The van der Waals surface area contributed by atoms with Crippen molar-refractivity contribution < 1.29 is 31.4 Å². The topological polar surface area (TPSA) is 130 Å². The molecule has 0 spiro atoms. The molecule has 1 heterocycles. The lowest BCUT2D eigenvalue weighted by atomic mass is 10.2. The molecular weight excluding hydrogens is 379 g/mol. The summed E-state index contributed by atoms with van der Waals surface area (Å²) in [6, 6.07) is 2.82. The van der Waals surface area contributed by atoms with Gasteiger partial charge in [0.25, 0.3) is 6.43 Å². The Morgan fingerprint density at radius 1 is 1.38 bits per heavy atom. The first-order chi connectivity index (χ1) is 12.2. The normalized spacial score (nSPS) is 12.4. The molecule has 1 aromatic heterocycles. The average Bonchev–Trinajstić information content (AvgIpc) is 3.01. The van der Waals surface area contributed by atoms with Gasteiger partial charge in [0.1, 0.15) is 15.7 Å². The third-order valence-corrected chi connectivity index (χ3v) is 4.02. The van der Waals surface area contributed by atoms with Crippen LogP contribution in [-0.2, 0) is 9.84 Å². The molecule has 0 radical (unpaired) electrons. The Labute approximate surface area is 145 Å². The van der Waals surface area contributed by atoms with Crippen LogP contribution in [0.2, 0.25) is 0 Å². The number of benzene rings is 1. The molecule has 0 aliphatic heterocycles. The zero-order valence-electron chi connectivity index (χ0n) is 13.3. The Kier molecular flexibility index (Phi) is 6.02. The van der Waals surface area contributed by atoms with Crippen LogP contribution in [-0.4, -0.2) is 48.3 Å². The van der Waals surface area contributed by atoms with E-state index in [0.29, 0.717) is 0 Å². The highest BCUT2D eigenvalue weighted by Gasteiger charge is 2.19. The molecule has 0 saturated heterocycles. The standard InChI is InChI=1S/C13H14F3N5O4S/c1-26(23,24)5-4-17-12-10(20-25-21-12)13(19-22)18-7-2-3-9(14)8(6-7)11(15)16/h2-3,6,11,22H,4-5H2,1H3,(H,17,21)(H,18,19). The van der Waals surface area contributed by atoms with E-state index in [2.05, 4.69) is 30.7 Å². The summed E-state index contributed by atoms with van der Waals surface area (Å²) in [5.41, 5.74) is -0.972. The van der Waals surface area contributed by atoms with Crippen LogP contribution in [0.5, 0.6) is 0 Å². The van der Waals surface area contributed by atoms with Gasteiger partial charge in [-0.1, -0.05) is 5.16 Å². The van der Waals surface area contributed by atoms with E-state index in [-0.39, 0.29) is 35.3 Å². The van der Waals surface area contributed by atoms with Crippen LogP contribution >= 0.6 is 0 Å². The van der Waals surface area contributed by atoms with Gasteiger partial charge in [0.2, 0.25) is 11.7 Å². The van der Waals surface area contributed by atoms with E-state index in [1.54, 1.807) is 0 Å². The molecule has 13 heteroatoms. The lowest BCUT2D eigenvalue weighted by Gasteiger charge is -2.09. The van der Waals surface area contributed by atoms with Gasteiger partial charge in [0, 0.05) is 18.5 Å². The van der Waals surface area contributed by atoms with E-state index in [4.69, 9.17) is 5.21 Å². The number of aromatic nitrogens is 2. The molecular formula is C13H14F3N5O4S. The highest BCUT2D eigenvalue weighted by molar-refractivity contribution is 7.90. The van der Waals surface area contributed by atoms with E-state index < -0.39 is 27.6 Å². The summed E-state index contributed by atoms with van der Waals surface area (Å²) in [5, 5.41) is 24.2. The lowest BCUT2D eigenvalue weighted by molar-refractivity contribution is 0.146. The summed E-state index contributed by atoms with van der Waals surface area (Å²) < 4.78 is 65.6. The van der Waals surface area contributed by atoms with Crippen molar-refractivity contribution in [1.29, 1.82) is 0 Å². The molecule has 2 rings (SSSR count). The number of hydrogen-bond acceptors (Lipinski definition) is 8. The maximum Gasteiger partial charge on any atom is 0.266 e. The van der Waals surface area contributed by atoms with Gasteiger partial charge in [-0.15, -0.1) is 0 Å². The molecule has 26 heavy (non-hydrogen) atoms. The zero-order valence-corrected chi connectivity index (χ0v) is 14.1. The molecule has 0 atom stereocenters. The number of nitrogens with zero attached hydrogens (tertiary/aromatic N) is 3. The van der Waals surface area contributed by atoms with Crippen molar-refractivity contribution >= 4 is 27.2 Å². The van der Waals surface area contributed by atoms with Gasteiger partial charge >= 0.3 is 0 Å². The second kappa shape index (κ2) is 8.03. The first-order valence-corrected chi connectivity index (χ1v) is 9.08. The van der Waals surface area contributed by atoms with Crippen molar-refractivity contribution in [3.63, 3.8) is 0 Å². The summed E-state index contributed by atoms with van der Waals surface area (Å²) in [7, 11) is -3.22. The van der Waals surface area contributed by atoms with Gasteiger partial charge in [-0.05, 0) is 28.5 Å². The van der Waals surface area contributed by atoms with Gasteiger partial charge in [0.15, 0.2) is 5.69 Å². The van der Waals surface area contributed by atoms with E-state index >= 15 is 0 Å². The predicted molar refractivity (Wildman–Crippen MR) is 85.8 cm³/mol. The molecule has 0 bridgehead atoms. The van der Waals surface area contributed by atoms with Gasteiger partial charge in [-0.3, -0.25) is 0 Å². The van der Waals surface area contributed by atoms with Crippen molar-refractivity contribution in [1.82, 2.24) is 10.3 Å². The Bertz CT molecular complexity index is 901. The monoisotopic (exact) mass is 393 g/mol. The van der Waals surface area contributed by atoms with Crippen LogP contribution in [0.25, 0.3) is 0 Å². The number of rotatable bonds is 7. The van der Waals surface area contributed by atoms with Gasteiger partial charge in [-0.2, -0.15) is 0 Å². The molecule has 142 valence electrons. The quantitative estimate of drug-likeness (QED) is 0.281. The van der Waals surface area contributed by atoms with Crippen LogP contribution in [0.4, 0.5) is 24.7 Å². The number of amidine groups is 1. The molecule has 3 N–H and O–H groups in total. The van der Waals surface area contributed by atoms with Gasteiger partial charge in [-0.25, -0.2) is 26.2 Å². The van der Waals surface area contributed by atoms with E-state index in [0.717, 1.165) is 24.5 Å². The largest absolute Gasteiger partial charge is 0.409 e. The van der Waals surface area contributed by atoms with Crippen LogP contribution < -0.4 is 10.6 Å². The Hall–Kier alpha value is -2.83. The number of alkyl halides is 2. The molecule has 0 amide bonds. The predicted octanol–water partition coefficient (Wildman–Crippen LogP) is 1.85. The minimum Gasteiger partial charge on any atom is -0.409 e. The summed E-state index contributed by atoms with van der Waals surface area (Å²) in [5.74, 6) is -1.65. The van der Waals surface area contributed by atoms with Crippen LogP contribution in [0.15, 0.2) is 28.0 Å². The fraction of sp³-hybridized carbons (Fsp3) is 0.308. The Balaban J connectivity index is 2.18. The number of sulfone groups is 1. The molecule has 2 aromatic rings. The number of halogens is 3. The molecule has 1 aromatic carbocycles. The highest BCUT2D eigenvalue weighted by Crippen LogP contribution is 2.25. The van der Waals surface area contributed by atoms with E-state index in [1.807, 2.05) is 0 Å². The van der Waals surface area contributed by atoms with E-state index in [1.165, 1.54) is 0 Å². The summed E-state index contributed by atoms with van der Waals surface area (Å²) in [4.78, 5) is 0. The summed E-state index contributed by atoms with van der Waals surface area (Å²) in [6.07, 6.45) is -1.98. The second-order valence-electron chi connectivity index (χ2n) is 5.13. The maximum absolute atomic E-state index is 13.3. The molecule has 0 aliphatic carbocycles. The zero-order chi connectivity index (χ0) is 19.3. The SMILES string of the molecule is CS(=O)(=O)CCNc1nonc1C(=NO)Nc1ccc(F)c(C(F)F)c1. The van der Waals surface area contributed by atoms with Crippen molar-refractivity contribution in [3.05, 3.63) is 35.3 Å². The Morgan fingerprint density at radius 3 is 2.73 bits per heavy atom. The van der Waals surface area contributed by atoms with Gasteiger partial charge < -0.3 is 15.8 Å². The molecule has 0 unspecified atom stereocenters. The minimum absolute atomic E-state index is 0.000383. The molecule has 0 fully saturated rings. The third-order valence-electron chi connectivity index (χ3n) is 3.07. The molecule has 0 saturated carbocycles. The third kappa shape index (κ3) is 5.08. The van der Waals surface area contributed by atoms with Gasteiger partial charge in [0.05, 0.1) is 11.3 Å². The minimum atomic E-state index is -3.22. The Morgan fingerprint density at radius 2 is 2.12 bits per heavy atom. The fourth-order valence-corrected chi connectivity index (χ4v) is 2.34. The van der Waals surface area contributed by atoms with Crippen molar-refractivity contribution in [3.8, 4) is 0 Å². The summed E-state index contributed by atoms with van der Waals surface area (Å²) >= 11 is 0. The maximum atomic E-state index is 13.3. The van der Waals surface area contributed by atoms with E-state index in [9.17, 15) is 21.6 Å². The van der Waals surface area contributed by atoms with Crippen LogP contribution in [0.1, 0.15) is 17.7 Å². The van der Waals surface area contributed by atoms with Crippen molar-refractivity contribution in [2.24, 2.45) is 5.16 Å².